The van der Waals surface area contributed by atoms with Crippen LogP contribution in [0.4, 0.5) is 0 Å². The van der Waals surface area contributed by atoms with E-state index >= 15 is 0 Å². The lowest BCUT2D eigenvalue weighted by Gasteiger charge is -2.33. The van der Waals surface area contributed by atoms with Gasteiger partial charge in [0.1, 0.15) is 31.2 Å². The van der Waals surface area contributed by atoms with Crippen molar-refractivity contribution in [3.05, 3.63) is 95.6 Å². The Bertz CT molecular complexity index is 1220. The van der Waals surface area contributed by atoms with E-state index in [1.54, 1.807) is 0 Å². The zero-order chi connectivity index (χ0) is 33.5. The van der Waals surface area contributed by atoms with Gasteiger partial charge in [-0.25, -0.2) is 0 Å². The van der Waals surface area contributed by atoms with E-state index in [1.165, 1.54) is 16.7 Å². The third kappa shape index (κ3) is 12.8. The molecule has 0 unspecified atom stereocenters. The first-order valence-corrected chi connectivity index (χ1v) is 16.7. The van der Waals surface area contributed by atoms with Crippen LogP contribution in [-0.2, 0) is 22.1 Å². The van der Waals surface area contributed by atoms with E-state index in [2.05, 4.69) is 162 Å². The highest BCUT2D eigenvalue weighted by Gasteiger charge is 2.29. The van der Waals surface area contributed by atoms with Gasteiger partial charge in [0, 0.05) is 5.56 Å². The summed E-state index contributed by atoms with van der Waals surface area (Å²) in [5, 5.41) is 0. The Morgan fingerprint density at radius 3 is 1.40 bits per heavy atom. The van der Waals surface area contributed by atoms with Crippen molar-refractivity contribution in [3.63, 3.8) is 0 Å². The standard InChI is InChI=1S/C41H62NO3/c1-38(2,3)30-40(7,8)33-18-22-35(23-19-33)44-37(29-43-27-26-42(11,12)28-32-16-14-13-15-17-32)45-36-24-20-34(21-25-36)41(9,10)31-39(4,5)6/h13-25,37H,26-31H2,1-12H3/q+1. The third-order valence-corrected chi connectivity index (χ3v) is 8.30. The van der Waals surface area contributed by atoms with Gasteiger partial charge in [0.2, 0.25) is 0 Å². The SMILES string of the molecule is CC(C)(C)CC(C)(C)c1ccc(OC(COCC[N+](C)(C)Cc2ccccc2)Oc2ccc(C(C)(C)CC(C)(C)C)cc2)cc1. The van der Waals surface area contributed by atoms with Crippen molar-refractivity contribution >= 4 is 0 Å². The first-order valence-electron chi connectivity index (χ1n) is 16.7. The summed E-state index contributed by atoms with van der Waals surface area (Å²) in [5.41, 5.74) is 4.60. The van der Waals surface area contributed by atoms with Crippen LogP contribution in [0.15, 0.2) is 78.9 Å². The highest BCUT2D eigenvalue weighted by atomic mass is 16.7. The molecule has 0 aliphatic heterocycles. The van der Waals surface area contributed by atoms with Gasteiger partial charge in [-0.3, -0.25) is 0 Å². The molecule has 45 heavy (non-hydrogen) atoms. The number of benzene rings is 3. The summed E-state index contributed by atoms with van der Waals surface area (Å²) in [6.45, 7) is 25.9. The van der Waals surface area contributed by atoms with Gasteiger partial charge in [-0.1, -0.05) is 124 Å². The molecule has 3 aromatic carbocycles. The Balaban J connectivity index is 1.70. The summed E-state index contributed by atoms with van der Waals surface area (Å²) in [5.74, 6) is 1.56. The molecule has 0 bridgehead atoms. The molecular formula is C41H62NO3+. The van der Waals surface area contributed by atoms with E-state index in [0.717, 1.165) is 41.9 Å². The Morgan fingerprint density at radius 1 is 0.578 bits per heavy atom. The lowest BCUT2D eigenvalue weighted by Crippen LogP contribution is -2.42. The van der Waals surface area contributed by atoms with Gasteiger partial charge in [0.05, 0.1) is 20.7 Å². The highest BCUT2D eigenvalue weighted by Crippen LogP contribution is 2.38. The molecule has 3 aromatic rings. The minimum absolute atomic E-state index is 0.0725. The molecule has 0 heterocycles. The monoisotopic (exact) mass is 616 g/mol. The van der Waals surface area contributed by atoms with E-state index in [-0.39, 0.29) is 21.7 Å². The van der Waals surface area contributed by atoms with Crippen molar-refractivity contribution in [2.75, 3.05) is 33.9 Å². The number of hydrogen-bond acceptors (Lipinski definition) is 3. The third-order valence-electron chi connectivity index (χ3n) is 8.30. The molecule has 0 saturated heterocycles. The van der Waals surface area contributed by atoms with E-state index < -0.39 is 6.29 Å². The molecule has 248 valence electrons. The second-order valence-corrected chi connectivity index (χ2v) is 17.3. The average Bonchev–Trinajstić information content (AvgIpc) is 2.89. The number of rotatable bonds is 15. The second-order valence-electron chi connectivity index (χ2n) is 17.3. The quantitative estimate of drug-likeness (QED) is 0.0966. The van der Waals surface area contributed by atoms with Crippen molar-refractivity contribution in [2.24, 2.45) is 10.8 Å². The zero-order valence-electron chi connectivity index (χ0n) is 30.5. The van der Waals surface area contributed by atoms with Crippen LogP contribution in [0.5, 0.6) is 11.5 Å². The maximum Gasteiger partial charge on any atom is 0.264 e. The van der Waals surface area contributed by atoms with Gasteiger partial charge >= 0.3 is 0 Å². The van der Waals surface area contributed by atoms with Gasteiger partial charge in [-0.2, -0.15) is 0 Å². The van der Waals surface area contributed by atoms with Crippen LogP contribution >= 0.6 is 0 Å². The first kappa shape index (κ1) is 36.6. The predicted octanol–water partition coefficient (Wildman–Crippen LogP) is 10.2. The minimum Gasteiger partial charge on any atom is -0.452 e. The maximum atomic E-state index is 6.43. The fraction of sp³-hybridized carbons (Fsp3) is 0.561. The van der Waals surface area contributed by atoms with Gasteiger partial charge in [-0.05, 0) is 69.9 Å². The van der Waals surface area contributed by atoms with E-state index in [0.29, 0.717) is 13.2 Å². The number of hydrogen-bond donors (Lipinski definition) is 0. The zero-order valence-corrected chi connectivity index (χ0v) is 30.5. The molecule has 3 rings (SSSR count). The fourth-order valence-corrected chi connectivity index (χ4v) is 6.87. The summed E-state index contributed by atoms with van der Waals surface area (Å²) >= 11 is 0. The van der Waals surface area contributed by atoms with E-state index in [4.69, 9.17) is 14.2 Å². The van der Waals surface area contributed by atoms with Crippen LogP contribution in [0.1, 0.15) is 98.8 Å². The van der Waals surface area contributed by atoms with Gasteiger partial charge in [0.15, 0.2) is 0 Å². The largest absolute Gasteiger partial charge is 0.452 e. The molecular weight excluding hydrogens is 554 g/mol. The molecule has 0 saturated carbocycles. The predicted molar refractivity (Wildman–Crippen MR) is 190 cm³/mol. The minimum atomic E-state index is -0.573. The molecule has 0 amide bonds. The summed E-state index contributed by atoms with van der Waals surface area (Å²) in [4.78, 5) is 0. The van der Waals surface area contributed by atoms with E-state index in [1.807, 2.05) is 0 Å². The summed E-state index contributed by atoms with van der Waals surface area (Å²) < 4.78 is 19.9. The van der Waals surface area contributed by atoms with Crippen molar-refractivity contribution in [2.45, 2.75) is 106 Å². The topological polar surface area (TPSA) is 27.7 Å². The highest BCUT2D eigenvalue weighted by molar-refractivity contribution is 5.33. The van der Waals surface area contributed by atoms with Crippen molar-refractivity contribution in [1.29, 1.82) is 0 Å². The molecule has 0 atom stereocenters. The Hall–Kier alpha value is -2.82. The van der Waals surface area contributed by atoms with Crippen LogP contribution < -0.4 is 9.47 Å². The number of quaternary nitrogens is 1. The molecule has 0 radical (unpaired) electrons. The van der Waals surface area contributed by atoms with Gasteiger partial charge in [-0.15, -0.1) is 0 Å². The molecule has 4 nitrogen and oxygen atoms in total. The van der Waals surface area contributed by atoms with Crippen LogP contribution in [0.2, 0.25) is 0 Å². The Morgan fingerprint density at radius 2 is 1.00 bits per heavy atom. The first-order chi connectivity index (χ1) is 20.7. The number of ether oxygens (including phenoxy) is 3. The van der Waals surface area contributed by atoms with Crippen LogP contribution in [-0.4, -0.2) is 44.6 Å². The van der Waals surface area contributed by atoms with Gasteiger partial charge < -0.3 is 18.7 Å². The molecule has 0 spiro atoms. The molecule has 4 heteroatoms. The summed E-state index contributed by atoms with van der Waals surface area (Å²) in [6.07, 6.45) is 1.62. The Labute approximate surface area is 275 Å². The number of nitrogens with zero attached hydrogens (tertiary/aromatic N) is 1. The average molecular weight is 617 g/mol. The molecule has 0 aliphatic rings. The van der Waals surface area contributed by atoms with Crippen LogP contribution in [0.25, 0.3) is 0 Å². The number of likely N-dealkylation sites (N-methyl/N-ethyl adjacent to an activating group) is 1. The maximum absolute atomic E-state index is 6.43. The van der Waals surface area contributed by atoms with Gasteiger partial charge in [0.25, 0.3) is 6.29 Å². The van der Waals surface area contributed by atoms with Crippen LogP contribution in [0, 0.1) is 10.8 Å². The fourth-order valence-electron chi connectivity index (χ4n) is 6.87. The van der Waals surface area contributed by atoms with Crippen molar-refractivity contribution in [1.82, 2.24) is 0 Å². The molecule has 0 aromatic heterocycles. The molecule has 0 N–H and O–H groups in total. The van der Waals surface area contributed by atoms with Crippen molar-refractivity contribution < 1.29 is 18.7 Å². The Kier molecular flexibility index (Phi) is 12.0. The lowest BCUT2D eigenvalue weighted by atomic mass is 9.72. The molecule has 0 aliphatic carbocycles. The smallest absolute Gasteiger partial charge is 0.264 e. The lowest BCUT2D eigenvalue weighted by molar-refractivity contribution is -0.904. The van der Waals surface area contributed by atoms with Crippen LogP contribution in [0.3, 0.4) is 0 Å². The van der Waals surface area contributed by atoms with E-state index in [9.17, 15) is 0 Å². The van der Waals surface area contributed by atoms with Crippen molar-refractivity contribution in [3.8, 4) is 11.5 Å². The normalized spacial score (nSPS) is 13.3. The molecule has 0 fully saturated rings. The summed E-state index contributed by atoms with van der Waals surface area (Å²) in [7, 11) is 4.48. The summed E-state index contributed by atoms with van der Waals surface area (Å²) in [6, 6.07) is 27.6. The second kappa shape index (κ2) is 14.7.